The molecular formula is C21H16N4OS. The molecule has 0 fully saturated rings. The Morgan fingerprint density at radius 3 is 2.48 bits per heavy atom. The zero-order valence-electron chi connectivity index (χ0n) is 14.7. The molecule has 0 saturated carbocycles. The van der Waals surface area contributed by atoms with Crippen LogP contribution in [0.15, 0.2) is 76.5 Å². The van der Waals surface area contributed by atoms with E-state index in [1.807, 2.05) is 41.0 Å². The Bertz CT molecular complexity index is 1070. The van der Waals surface area contributed by atoms with Crippen LogP contribution in [0.2, 0.25) is 0 Å². The largest absolute Gasteiger partial charge is 0.461 e. The highest BCUT2D eigenvalue weighted by Gasteiger charge is 2.18. The average molecular weight is 372 g/mol. The second kappa shape index (κ2) is 7.52. The van der Waals surface area contributed by atoms with E-state index in [4.69, 9.17) is 9.68 Å². The normalized spacial score (nSPS) is 10.7. The van der Waals surface area contributed by atoms with Gasteiger partial charge < -0.3 is 4.42 Å². The number of benzene rings is 2. The van der Waals surface area contributed by atoms with Crippen molar-refractivity contribution in [3.8, 4) is 23.3 Å². The van der Waals surface area contributed by atoms with Crippen LogP contribution in [0.5, 0.6) is 0 Å². The third-order valence-corrected chi connectivity index (χ3v) is 5.12. The molecule has 0 saturated heterocycles. The lowest BCUT2D eigenvalue weighted by atomic mass is 10.2. The molecule has 0 aliphatic rings. The van der Waals surface area contributed by atoms with Crippen LogP contribution in [-0.4, -0.2) is 14.8 Å². The maximum Gasteiger partial charge on any atom is 0.205 e. The van der Waals surface area contributed by atoms with Gasteiger partial charge in [0.25, 0.3) is 0 Å². The first-order chi connectivity index (χ1) is 13.2. The van der Waals surface area contributed by atoms with Crippen LogP contribution in [0.3, 0.4) is 0 Å². The van der Waals surface area contributed by atoms with E-state index in [1.54, 1.807) is 18.0 Å². The Kier molecular flexibility index (Phi) is 4.77. The predicted molar refractivity (Wildman–Crippen MR) is 105 cm³/mol. The third-order valence-electron chi connectivity index (χ3n) is 4.12. The lowest BCUT2D eigenvalue weighted by molar-refractivity contribution is 0.575. The number of aryl methyl sites for hydroxylation is 1. The number of nitrogens with zero attached hydrogens (tertiary/aromatic N) is 4. The van der Waals surface area contributed by atoms with Crippen molar-refractivity contribution < 1.29 is 4.42 Å². The minimum Gasteiger partial charge on any atom is -0.461 e. The fraction of sp³-hybridized carbons (Fsp3) is 0.0952. The molecule has 0 unspecified atom stereocenters. The molecule has 0 aliphatic heterocycles. The Labute approximate surface area is 161 Å². The summed E-state index contributed by atoms with van der Waals surface area (Å²) in [6.07, 6.45) is 1.63. The summed E-state index contributed by atoms with van der Waals surface area (Å²) in [7, 11) is 0. The van der Waals surface area contributed by atoms with Gasteiger partial charge in [0.15, 0.2) is 10.9 Å². The van der Waals surface area contributed by atoms with E-state index in [0.717, 1.165) is 22.2 Å². The zero-order valence-corrected chi connectivity index (χ0v) is 15.5. The Morgan fingerprint density at radius 2 is 1.81 bits per heavy atom. The molecule has 5 nitrogen and oxygen atoms in total. The number of aromatic nitrogens is 3. The smallest absolute Gasteiger partial charge is 0.205 e. The van der Waals surface area contributed by atoms with Crippen LogP contribution >= 0.6 is 11.8 Å². The topological polar surface area (TPSA) is 67.6 Å². The summed E-state index contributed by atoms with van der Waals surface area (Å²) in [5.74, 6) is 2.08. The molecule has 0 atom stereocenters. The van der Waals surface area contributed by atoms with Gasteiger partial charge in [-0.2, -0.15) is 5.26 Å². The summed E-state index contributed by atoms with van der Waals surface area (Å²) in [6.45, 7) is 2.06. The van der Waals surface area contributed by atoms with Crippen molar-refractivity contribution in [3.05, 3.63) is 83.6 Å². The lowest BCUT2D eigenvalue weighted by Crippen LogP contribution is -1.99. The van der Waals surface area contributed by atoms with Crippen molar-refractivity contribution in [2.24, 2.45) is 0 Å². The fourth-order valence-corrected chi connectivity index (χ4v) is 3.59. The summed E-state index contributed by atoms with van der Waals surface area (Å²) < 4.78 is 7.55. The maximum atomic E-state index is 8.93. The monoisotopic (exact) mass is 372 g/mol. The summed E-state index contributed by atoms with van der Waals surface area (Å²) in [4.78, 5) is 0. The molecule has 4 aromatic rings. The van der Waals surface area contributed by atoms with Gasteiger partial charge in [0.1, 0.15) is 0 Å². The number of hydrogen-bond acceptors (Lipinski definition) is 5. The van der Waals surface area contributed by atoms with E-state index in [0.29, 0.717) is 17.1 Å². The summed E-state index contributed by atoms with van der Waals surface area (Å²) in [5.41, 5.74) is 3.96. The van der Waals surface area contributed by atoms with Gasteiger partial charge in [0, 0.05) is 11.4 Å². The van der Waals surface area contributed by atoms with Gasteiger partial charge in [-0.1, -0.05) is 41.6 Å². The van der Waals surface area contributed by atoms with Crippen molar-refractivity contribution >= 4 is 11.8 Å². The zero-order chi connectivity index (χ0) is 18.6. The average Bonchev–Trinajstić information content (AvgIpc) is 3.37. The Morgan fingerprint density at radius 1 is 1.04 bits per heavy atom. The van der Waals surface area contributed by atoms with E-state index < -0.39 is 0 Å². The first kappa shape index (κ1) is 17.1. The van der Waals surface area contributed by atoms with Gasteiger partial charge in [-0.3, -0.25) is 4.57 Å². The van der Waals surface area contributed by atoms with Crippen LogP contribution in [0, 0.1) is 18.3 Å². The van der Waals surface area contributed by atoms with E-state index >= 15 is 0 Å². The van der Waals surface area contributed by atoms with Gasteiger partial charge in [-0.05, 0) is 48.9 Å². The number of nitriles is 1. The van der Waals surface area contributed by atoms with Gasteiger partial charge in [0.2, 0.25) is 5.82 Å². The van der Waals surface area contributed by atoms with Gasteiger partial charge in [-0.25, -0.2) is 0 Å². The summed E-state index contributed by atoms with van der Waals surface area (Å²) in [6, 6.07) is 21.7. The van der Waals surface area contributed by atoms with E-state index in [-0.39, 0.29) is 0 Å². The van der Waals surface area contributed by atoms with Crippen LogP contribution in [0.1, 0.15) is 16.7 Å². The molecule has 27 heavy (non-hydrogen) atoms. The quantitative estimate of drug-likeness (QED) is 0.461. The Balaban J connectivity index is 1.67. The molecule has 0 aliphatic carbocycles. The SMILES string of the molecule is Cc1ccc(-n2c(SCc3ccc(C#N)cc3)nnc2-c2ccco2)cc1. The standard InChI is InChI=1S/C21H16N4OS/c1-15-4-10-18(11-5-15)25-20(19-3-2-12-26-19)23-24-21(25)27-14-17-8-6-16(13-22)7-9-17/h2-12H,14H2,1H3. The molecule has 2 heterocycles. The van der Waals surface area contributed by atoms with Crippen LogP contribution < -0.4 is 0 Å². The summed E-state index contributed by atoms with van der Waals surface area (Å²) >= 11 is 1.60. The summed E-state index contributed by atoms with van der Waals surface area (Å²) in [5, 5.41) is 18.4. The number of thioether (sulfide) groups is 1. The first-order valence-electron chi connectivity index (χ1n) is 8.43. The van der Waals surface area contributed by atoms with Crippen molar-refractivity contribution in [1.82, 2.24) is 14.8 Å². The molecule has 0 bridgehead atoms. The molecular weight excluding hydrogens is 356 g/mol. The van der Waals surface area contributed by atoms with Gasteiger partial charge >= 0.3 is 0 Å². The highest BCUT2D eigenvalue weighted by atomic mass is 32.2. The van der Waals surface area contributed by atoms with E-state index in [9.17, 15) is 0 Å². The first-order valence-corrected chi connectivity index (χ1v) is 9.41. The number of hydrogen-bond donors (Lipinski definition) is 0. The van der Waals surface area contributed by atoms with Gasteiger partial charge in [-0.15, -0.1) is 10.2 Å². The van der Waals surface area contributed by atoms with Gasteiger partial charge in [0.05, 0.1) is 17.9 Å². The molecule has 6 heteroatoms. The molecule has 2 aromatic heterocycles. The fourth-order valence-electron chi connectivity index (χ4n) is 2.68. The van der Waals surface area contributed by atoms with Crippen molar-refractivity contribution in [2.75, 3.05) is 0 Å². The Hall–Kier alpha value is -3.30. The van der Waals surface area contributed by atoms with Crippen molar-refractivity contribution in [1.29, 1.82) is 5.26 Å². The highest BCUT2D eigenvalue weighted by molar-refractivity contribution is 7.98. The van der Waals surface area contributed by atoms with Crippen molar-refractivity contribution in [3.63, 3.8) is 0 Å². The number of furan rings is 1. The molecule has 0 radical (unpaired) electrons. The lowest BCUT2D eigenvalue weighted by Gasteiger charge is -2.09. The minimum atomic E-state index is 0.659. The van der Waals surface area contributed by atoms with Crippen LogP contribution in [0.4, 0.5) is 0 Å². The third kappa shape index (κ3) is 3.64. The highest BCUT2D eigenvalue weighted by Crippen LogP contribution is 2.30. The van der Waals surface area contributed by atoms with Crippen molar-refractivity contribution in [2.45, 2.75) is 17.8 Å². The van der Waals surface area contributed by atoms with E-state index in [2.05, 4.69) is 47.5 Å². The minimum absolute atomic E-state index is 0.659. The molecule has 0 amide bonds. The number of rotatable bonds is 5. The van der Waals surface area contributed by atoms with Crippen LogP contribution in [-0.2, 0) is 5.75 Å². The molecule has 0 N–H and O–H groups in total. The second-order valence-electron chi connectivity index (χ2n) is 6.05. The van der Waals surface area contributed by atoms with Crippen LogP contribution in [0.25, 0.3) is 17.3 Å². The maximum absolute atomic E-state index is 8.93. The van der Waals surface area contributed by atoms with E-state index in [1.165, 1.54) is 5.56 Å². The molecule has 132 valence electrons. The molecule has 4 rings (SSSR count). The second-order valence-corrected chi connectivity index (χ2v) is 6.99. The molecule has 2 aromatic carbocycles. The predicted octanol–water partition coefficient (Wildman–Crippen LogP) is 5.00. The molecule has 0 spiro atoms.